The number of aliphatic hydroxyl groups excluding tert-OH is 1. The molecule has 15 heteroatoms. The van der Waals surface area contributed by atoms with E-state index < -0.39 is 41.9 Å². The summed E-state index contributed by atoms with van der Waals surface area (Å²) in [5.41, 5.74) is -0.584. The molecule has 0 radical (unpaired) electrons. The molecule has 3 aromatic rings. The molecule has 1 unspecified atom stereocenters. The third kappa shape index (κ3) is 6.64. The topological polar surface area (TPSA) is 135 Å². The summed E-state index contributed by atoms with van der Waals surface area (Å²) in [5.74, 6) is -0.600. The van der Waals surface area contributed by atoms with Crippen molar-refractivity contribution in [3.63, 3.8) is 0 Å². The maximum Gasteiger partial charge on any atom is 0.274 e. The highest BCUT2D eigenvalue weighted by molar-refractivity contribution is 9.10. The van der Waals surface area contributed by atoms with E-state index in [0.29, 0.717) is 15.8 Å². The van der Waals surface area contributed by atoms with Gasteiger partial charge in [-0.1, -0.05) is 42.8 Å². The lowest BCUT2D eigenvalue weighted by Gasteiger charge is -2.42. The first-order valence-electron chi connectivity index (χ1n) is 16.8. The average Bonchev–Trinajstić information content (AvgIpc) is 3.60. The van der Waals surface area contributed by atoms with E-state index in [1.165, 1.54) is 44.4 Å². The summed E-state index contributed by atoms with van der Waals surface area (Å²) in [6.45, 7) is 10.8. The Labute approximate surface area is 315 Å². The molecule has 1 N–H and O–H groups in total. The van der Waals surface area contributed by atoms with E-state index in [1.54, 1.807) is 49.3 Å². The molecule has 0 aliphatic carbocycles. The quantitative estimate of drug-likeness (QED) is 0.248. The Bertz CT molecular complexity index is 1980. The minimum atomic E-state index is -4.69. The second-order valence-electron chi connectivity index (χ2n) is 14.8. The van der Waals surface area contributed by atoms with Crippen molar-refractivity contribution in [1.82, 2.24) is 9.80 Å². The van der Waals surface area contributed by atoms with Crippen molar-refractivity contribution in [2.75, 3.05) is 46.3 Å². The third-order valence-corrected chi connectivity index (χ3v) is 17.2. The first kappa shape index (κ1) is 39.7. The van der Waals surface area contributed by atoms with Crippen LogP contribution in [0, 0.1) is 0 Å². The first-order chi connectivity index (χ1) is 24.3. The van der Waals surface area contributed by atoms with E-state index in [2.05, 4.69) is 49.8 Å². The number of fused-ring (bicyclic) bond motifs is 1. The van der Waals surface area contributed by atoms with Gasteiger partial charge >= 0.3 is 0 Å². The number of benzene rings is 3. The maximum atomic E-state index is 15.7. The van der Waals surface area contributed by atoms with Crippen LogP contribution in [-0.4, -0.2) is 97.6 Å². The van der Waals surface area contributed by atoms with Gasteiger partial charge in [0.05, 0.1) is 45.8 Å². The Balaban J connectivity index is 1.85. The second kappa shape index (κ2) is 14.4. The molecule has 3 aromatic carbocycles. The largest absolute Gasteiger partial charge is 0.497 e. The van der Waals surface area contributed by atoms with Crippen molar-refractivity contribution >= 4 is 51.8 Å². The summed E-state index contributed by atoms with van der Waals surface area (Å²) in [7, 11) is 0.541. The van der Waals surface area contributed by atoms with Gasteiger partial charge in [-0.3, -0.25) is 14.5 Å². The lowest BCUT2D eigenvalue weighted by molar-refractivity contribution is -0.138. The molecule has 1 saturated heterocycles. The maximum absolute atomic E-state index is 15.7. The molecule has 2 aliphatic heterocycles. The zero-order chi connectivity index (χ0) is 38.6. The number of likely N-dealkylation sites (N-methyl/N-ethyl adjacent to an activating group) is 1. The van der Waals surface area contributed by atoms with Crippen LogP contribution in [0.5, 0.6) is 17.2 Å². The number of likely N-dealkylation sites (tertiary alicyclic amines) is 1. The van der Waals surface area contributed by atoms with Gasteiger partial charge in [-0.25, -0.2) is 12.7 Å². The smallest absolute Gasteiger partial charge is 0.274 e. The number of halogens is 1. The standard InChI is InChI=1S/C37H48BrN3O9SSi/c1-36(2,3)52(9,10)50-22-23-11-15-31(48-7)28(17-23)37(40-21-25(42)19-30(40)34(43)39(4)5)27-18-24(38)12-14-29(27)41(35(37)44)51(45,46)33-16-13-26(47-6)20-32(33)49-8/h11-18,20,25,30,42H,19,21-22H2,1-10H3/t25-,30+,37?/m1/s1. The predicted octanol–water partition coefficient (Wildman–Crippen LogP) is 5.50. The Morgan fingerprint density at radius 1 is 0.981 bits per heavy atom. The van der Waals surface area contributed by atoms with E-state index in [4.69, 9.17) is 18.6 Å². The van der Waals surface area contributed by atoms with Gasteiger partial charge in [0, 0.05) is 42.3 Å². The van der Waals surface area contributed by atoms with Crippen molar-refractivity contribution in [2.45, 2.75) is 74.5 Å². The van der Waals surface area contributed by atoms with Gasteiger partial charge in [0.1, 0.15) is 22.1 Å². The molecule has 5 rings (SSSR count). The van der Waals surface area contributed by atoms with E-state index in [9.17, 15) is 18.3 Å². The average molecular weight is 819 g/mol. The fourth-order valence-corrected chi connectivity index (χ4v) is 9.61. The highest BCUT2D eigenvalue weighted by Crippen LogP contribution is 2.55. The van der Waals surface area contributed by atoms with Crippen LogP contribution in [0.2, 0.25) is 18.1 Å². The molecule has 1 fully saturated rings. The molecule has 0 aromatic heterocycles. The number of anilines is 1. The number of rotatable bonds is 11. The van der Waals surface area contributed by atoms with Crippen LogP contribution in [0.15, 0.2) is 64.0 Å². The Morgan fingerprint density at radius 2 is 1.65 bits per heavy atom. The molecule has 2 aliphatic rings. The number of hydrogen-bond acceptors (Lipinski definition) is 10. The summed E-state index contributed by atoms with van der Waals surface area (Å²) in [5, 5.41) is 11.2. The van der Waals surface area contributed by atoms with Gasteiger partial charge < -0.3 is 28.6 Å². The Hall–Kier alpha value is -3.47. The molecule has 2 heterocycles. The van der Waals surface area contributed by atoms with Crippen molar-refractivity contribution < 1.29 is 41.7 Å². The van der Waals surface area contributed by atoms with Gasteiger partial charge in [0.15, 0.2) is 13.9 Å². The first-order valence-corrected chi connectivity index (χ1v) is 22.0. The number of hydrogen-bond donors (Lipinski definition) is 1. The van der Waals surface area contributed by atoms with E-state index in [-0.39, 0.29) is 58.2 Å². The van der Waals surface area contributed by atoms with Crippen LogP contribution >= 0.6 is 15.9 Å². The number of carbonyl (C=O) groups excluding carboxylic acids is 2. The number of β-amino-alcohol motifs (C(OH)–C–C–N with tert-alkyl or cyclic N) is 1. The summed E-state index contributed by atoms with van der Waals surface area (Å²) in [4.78, 5) is 32.4. The third-order valence-electron chi connectivity index (χ3n) is 10.4. The lowest BCUT2D eigenvalue weighted by Crippen LogP contribution is -2.59. The minimum absolute atomic E-state index is 0.0188. The van der Waals surface area contributed by atoms with Crippen molar-refractivity contribution in [2.24, 2.45) is 0 Å². The zero-order valence-corrected chi connectivity index (χ0v) is 34.7. The van der Waals surface area contributed by atoms with E-state index in [1.807, 2.05) is 6.07 Å². The molecule has 2 amide bonds. The molecule has 12 nitrogen and oxygen atoms in total. The molecule has 3 atom stereocenters. The highest BCUT2D eigenvalue weighted by atomic mass is 79.9. The van der Waals surface area contributed by atoms with Crippen LogP contribution in [0.4, 0.5) is 5.69 Å². The van der Waals surface area contributed by atoms with Crippen LogP contribution < -0.4 is 18.5 Å². The van der Waals surface area contributed by atoms with Crippen LogP contribution in [0.1, 0.15) is 43.9 Å². The zero-order valence-electron chi connectivity index (χ0n) is 31.3. The number of ether oxygens (including phenoxy) is 3. The summed E-state index contributed by atoms with van der Waals surface area (Å²) >= 11 is 3.56. The fraction of sp³-hybridized carbons (Fsp3) is 0.459. The van der Waals surface area contributed by atoms with E-state index >= 15 is 4.79 Å². The SMILES string of the molecule is COc1ccc(S(=O)(=O)N2C(=O)C(c3cc(CO[Si](C)(C)C(C)(C)C)ccc3OC)(N3C[C@H](O)C[C@H]3C(=O)N(C)C)c3cc(Br)ccc32)c(OC)c1. The molecular weight excluding hydrogens is 770 g/mol. The summed E-state index contributed by atoms with van der Waals surface area (Å²) in [6, 6.07) is 13.5. The molecule has 282 valence electrons. The Morgan fingerprint density at radius 3 is 2.25 bits per heavy atom. The van der Waals surface area contributed by atoms with Crippen molar-refractivity contribution in [3.05, 3.63) is 75.8 Å². The molecule has 0 bridgehead atoms. The monoisotopic (exact) mass is 817 g/mol. The van der Waals surface area contributed by atoms with Gasteiger partial charge in [0.2, 0.25) is 5.91 Å². The summed E-state index contributed by atoms with van der Waals surface area (Å²) < 4.78 is 54.5. The molecule has 0 spiro atoms. The number of sulfonamides is 1. The van der Waals surface area contributed by atoms with Gasteiger partial charge in [-0.2, -0.15) is 0 Å². The van der Waals surface area contributed by atoms with Crippen molar-refractivity contribution in [3.8, 4) is 17.2 Å². The van der Waals surface area contributed by atoms with Gasteiger partial charge in [-0.05, 0) is 72.6 Å². The van der Waals surface area contributed by atoms with Crippen LogP contribution in [0.3, 0.4) is 0 Å². The second-order valence-corrected chi connectivity index (χ2v) is 22.3. The van der Waals surface area contributed by atoms with Crippen molar-refractivity contribution in [1.29, 1.82) is 0 Å². The normalized spacial score (nSPS) is 20.9. The molecule has 0 saturated carbocycles. The Kier molecular flexibility index (Phi) is 11.0. The molecule has 52 heavy (non-hydrogen) atoms. The summed E-state index contributed by atoms with van der Waals surface area (Å²) in [6.07, 6.45) is -0.983. The van der Waals surface area contributed by atoms with Crippen LogP contribution in [-0.2, 0) is 36.2 Å². The number of methoxy groups -OCH3 is 3. The number of nitrogens with zero attached hydrogens (tertiary/aromatic N) is 3. The van der Waals surface area contributed by atoms with Gasteiger partial charge in [0.25, 0.3) is 15.9 Å². The lowest BCUT2D eigenvalue weighted by atomic mass is 9.80. The fourth-order valence-electron chi connectivity index (χ4n) is 6.69. The number of carbonyl (C=O) groups is 2. The minimum Gasteiger partial charge on any atom is -0.497 e. The van der Waals surface area contributed by atoms with E-state index in [0.717, 1.165) is 9.87 Å². The predicted molar refractivity (Wildman–Crippen MR) is 204 cm³/mol. The highest BCUT2D eigenvalue weighted by Gasteiger charge is 2.64. The number of amides is 2. The van der Waals surface area contributed by atoms with Crippen LogP contribution in [0.25, 0.3) is 0 Å². The van der Waals surface area contributed by atoms with Gasteiger partial charge in [-0.15, -0.1) is 0 Å². The molecular formula is C37H48BrN3O9SSi. The number of aliphatic hydroxyl groups is 1.